The van der Waals surface area contributed by atoms with Crippen LogP contribution in [0, 0.1) is 0 Å². The van der Waals surface area contributed by atoms with E-state index in [0.29, 0.717) is 264 Å². The van der Waals surface area contributed by atoms with Crippen LogP contribution in [0.4, 0.5) is 0 Å². The third-order valence-corrected chi connectivity index (χ3v) is 19.5. The molecule has 1 N–H and O–H groups in total. The van der Waals surface area contributed by atoms with Crippen LogP contribution >= 0.6 is 0 Å². The van der Waals surface area contributed by atoms with Crippen LogP contribution in [0.25, 0.3) is 0 Å². The summed E-state index contributed by atoms with van der Waals surface area (Å²) in [6, 6.07) is 0.889. The molecule has 0 saturated carbocycles. The lowest BCUT2D eigenvalue weighted by Crippen LogP contribution is -2.42. The third-order valence-electron chi connectivity index (χ3n) is 16.7. The predicted molar refractivity (Wildman–Crippen MR) is 411 cm³/mol. The van der Waals surface area contributed by atoms with E-state index in [9.17, 15) is 4.79 Å². The fourth-order valence-corrected chi connectivity index (χ4v) is 12.3. The Morgan fingerprint density at radius 3 is 0.619 bits per heavy atom. The van der Waals surface area contributed by atoms with Crippen molar-refractivity contribution in [2.24, 2.45) is 0 Å². The Hall–Kier alpha value is -1.27. The molecule has 105 heavy (non-hydrogen) atoms. The van der Waals surface area contributed by atoms with Gasteiger partial charge in [-0.2, -0.15) is 0 Å². The molecule has 0 aliphatic heterocycles. The molecule has 0 aromatic carbocycles. The molecule has 630 valence electrons. The maximum absolute atomic E-state index is 12.0. The van der Waals surface area contributed by atoms with Gasteiger partial charge in [0.1, 0.15) is 6.61 Å². The first kappa shape index (κ1) is 104. The summed E-state index contributed by atoms with van der Waals surface area (Å²) in [7, 11) is 2.63. The van der Waals surface area contributed by atoms with Crippen LogP contribution in [0.5, 0.6) is 0 Å². The molecule has 0 aliphatic rings. The lowest BCUT2D eigenvalue weighted by Gasteiger charge is -2.24. The highest BCUT2D eigenvalue weighted by molar-refractivity contribution is 6.60. The predicted octanol–water partition coefficient (Wildman–Crippen LogP) is 11.7. The van der Waals surface area contributed by atoms with E-state index in [0.717, 1.165) is 57.8 Å². The Labute approximate surface area is 639 Å². The van der Waals surface area contributed by atoms with Gasteiger partial charge in [-0.05, 0) is 45.2 Å². The van der Waals surface area contributed by atoms with E-state index in [-0.39, 0.29) is 12.6 Å². The number of carbonyl (C=O) groups excluding carboxylic acids is 1. The van der Waals surface area contributed by atoms with Crippen molar-refractivity contribution in [2.45, 2.75) is 199 Å². The number of hydrogen-bond acceptors (Lipinski definition) is 26. The largest absolute Gasteiger partial charge is 0.500 e. The van der Waals surface area contributed by atoms with Crippen molar-refractivity contribution in [3.8, 4) is 0 Å². The van der Waals surface area contributed by atoms with Gasteiger partial charge < -0.3 is 118 Å². The van der Waals surface area contributed by atoms with Gasteiger partial charge in [-0.15, -0.1) is 0 Å². The second-order valence-electron chi connectivity index (χ2n) is 25.6. The third kappa shape index (κ3) is 89.8. The Bertz CT molecular complexity index is 1570. The molecule has 0 aromatic heterocycles. The fourth-order valence-electron chi connectivity index (χ4n) is 10.5. The SMILES string of the molecule is CCCCCCCCCCCCCCCCCCOCCOCCOCCOCCOCCOCCOCCOCCOCCOCCOCCOCCOCCOCCOCCOCCOCCOCCOCCOCCOC(=O)CCCCCNCCCCCCCCCCC[Si](OC)(OC)OC. The highest BCUT2D eigenvalue weighted by Gasteiger charge is 2.36. The van der Waals surface area contributed by atoms with E-state index in [1.165, 1.54) is 148 Å². The average molecular weight is 1540 g/mol. The summed E-state index contributed by atoms with van der Waals surface area (Å²) in [5.41, 5.74) is 0. The van der Waals surface area contributed by atoms with Crippen LogP contribution in [-0.4, -0.2) is 320 Å². The van der Waals surface area contributed by atoms with Gasteiger partial charge in [-0.25, -0.2) is 0 Å². The van der Waals surface area contributed by atoms with Gasteiger partial charge in [0.2, 0.25) is 0 Å². The summed E-state index contributed by atoms with van der Waals surface area (Å²) in [5.74, 6) is -0.167. The molecular formula is C78H159NO25Si. The van der Waals surface area contributed by atoms with E-state index in [2.05, 4.69) is 12.2 Å². The molecule has 0 heterocycles. The summed E-state index contributed by atoms with van der Waals surface area (Å²) in [4.78, 5) is 12.0. The van der Waals surface area contributed by atoms with Gasteiger partial charge in [0, 0.05) is 40.4 Å². The molecule has 0 bridgehead atoms. The van der Waals surface area contributed by atoms with Crippen molar-refractivity contribution < 1.29 is 118 Å². The summed E-state index contributed by atoms with van der Waals surface area (Å²) in [6.07, 6.45) is 36.7. The van der Waals surface area contributed by atoms with Gasteiger partial charge in [0.15, 0.2) is 0 Å². The molecular weight excluding hydrogens is 1380 g/mol. The lowest BCUT2D eigenvalue weighted by atomic mass is 10.0. The quantitative estimate of drug-likeness (QED) is 0.0337. The standard InChI is InChI=1S/C78H159NO25Si/c1-5-6-7-8-9-10-11-12-13-14-15-16-19-22-25-31-36-84-37-38-85-39-40-86-41-42-87-43-44-88-45-46-89-47-48-90-49-50-91-51-52-92-53-54-93-55-56-94-57-58-95-59-60-96-61-62-97-63-64-98-65-66-99-67-68-100-69-70-101-71-72-102-73-74-103-75-76-104-78(80)33-28-27-30-35-79-34-29-24-21-18-17-20-23-26-32-77-105(81-2,82-3)83-4/h79H,5-77H2,1-4H3. The molecule has 0 aromatic rings. The van der Waals surface area contributed by atoms with Crippen molar-refractivity contribution >= 4 is 14.8 Å². The molecule has 0 aliphatic carbocycles. The van der Waals surface area contributed by atoms with Crippen LogP contribution in [0.1, 0.15) is 193 Å². The molecule has 0 atom stereocenters. The first-order valence-electron chi connectivity index (χ1n) is 41.2. The molecule has 0 unspecified atom stereocenters. The minimum Gasteiger partial charge on any atom is -0.463 e. The number of nitrogens with one attached hydrogen (secondary N) is 1. The molecule has 0 rings (SSSR count). The van der Waals surface area contributed by atoms with Crippen molar-refractivity contribution in [3.63, 3.8) is 0 Å². The number of unbranched alkanes of at least 4 members (excludes halogenated alkanes) is 25. The van der Waals surface area contributed by atoms with Gasteiger partial charge in [-0.3, -0.25) is 4.79 Å². The summed E-state index contributed by atoms with van der Waals surface area (Å²) in [6.45, 7) is 24.7. The average Bonchev–Trinajstić information content (AvgIpc) is 1.67. The zero-order valence-electron chi connectivity index (χ0n) is 67.3. The Kier molecular flexibility index (Phi) is 93.9. The number of hydrogen-bond donors (Lipinski definition) is 1. The Morgan fingerprint density at radius 1 is 0.210 bits per heavy atom. The van der Waals surface area contributed by atoms with Gasteiger partial charge in [0.25, 0.3) is 0 Å². The zero-order chi connectivity index (χ0) is 75.4. The molecule has 0 saturated heterocycles. The summed E-state index contributed by atoms with van der Waals surface area (Å²) in [5, 5.41) is 3.54. The van der Waals surface area contributed by atoms with E-state index in [1.54, 1.807) is 21.3 Å². The van der Waals surface area contributed by atoms with Crippen molar-refractivity contribution in [3.05, 3.63) is 0 Å². The van der Waals surface area contributed by atoms with E-state index in [4.69, 9.17) is 113 Å². The maximum atomic E-state index is 12.0. The first-order chi connectivity index (χ1) is 52.1. The minimum absolute atomic E-state index is 0.167. The second kappa shape index (κ2) is 95.1. The zero-order valence-corrected chi connectivity index (χ0v) is 68.3. The number of carbonyl (C=O) groups is 1. The van der Waals surface area contributed by atoms with E-state index < -0.39 is 8.80 Å². The van der Waals surface area contributed by atoms with Crippen LogP contribution in [0.2, 0.25) is 6.04 Å². The molecule has 27 heteroatoms. The topological polar surface area (TPSA) is 251 Å². The van der Waals surface area contributed by atoms with Crippen molar-refractivity contribution in [2.75, 3.05) is 305 Å². The highest BCUT2D eigenvalue weighted by Crippen LogP contribution is 2.19. The lowest BCUT2D eigenvalue weighted by molar-refractivity contribution is -0.145. The van der Waals surface area contributed by atoms with E-state index >= 15 is 0 Å². The monoisotopic (exact) mass is 1540 g/mol. The van der Waals surface area contributed by atoms with Crippen LogP contribution in [0.3, 0.4) is 0 Å². The minimum atomic E-state index is -2.41. The Morgan fingerprint density at radius 2 is 0.390 bits per heavy atom. The second-order valence-corrected chi connectivity index (χ2v) is 28.7. The number of ether oxygens (including phenoxy) is 21. The summed E-state index contributed by atoms with van der Waals surface area (Å²) >= 11 is 0. The number of esters is 1. The van der Waals surface area contributed by atoms with Gasteiger partial charge in [0.05, 0.1) is 258 Å². The van der Waals surface area contributed by atoms with Gasteiger partial charge >= 0.3 is 14.8 Å². The summed E-state index contributed by atoms with van der Waals surface area (Å²) < 4.78 is 133. The van der Waals surface area contributed by atoms with Crippen LogP contribution in [0.15, 0.2) is 0 Å². The number of rotatable bonds is 98. The van der Waals surface area contributed by atoms with Crippen LogP contribution < -0.4 is 5.32 Å². The molecule has 0 radical (unpaired) electrons. The first-order valence-corrected chi connectivity index (χ1v) is 43.1. The highest BCUT2D eigenvalue weighted by atomic mass is 28.4. The van der Waals surface area contributed by atoms with E-state index in [1.807, 2.05) is 0 Å². The van der Waals surface area contributed by atoms with Crippen molar-refractivity contribution in [1.82, 2.24) is 5.32 Å². The molecule has 26 nitrogen and oxygen atoms in total. The Balaban J connectivity index is 3.14. The van der Waals surface area contributed by atoms with Crippen LogP contribution in [-0.2, 0) is 118 Å². The molecule has 0 amide bonds. The normalized spacial score (nSPS) is 11.9. The molecule has 0 fully saturated rings. The van der Waals surface area contributed by atoms with Crippen molar-refractivity contribution in [1.29, 1.82) is 0 Å². The van der Waals surface area contributed by atoms with Gasteiger partial charge in [-0.1, -0.05) is 155 Å². The smallest absolute Gasteiger partial charge is 0.463 e. The molecule has 0 spiro atoms. The maximum Gasteiger partial charge on any atom is 0.500 e. The fraction of sp³-hybridized carbons (Fsp3) is 0.987.